The SMILES string of the molecule is Nc1ncc(C(F)F)c(S(N)(=O)=O)c1O. The molecule has 84 valence electrons. The Hall–Kier alpha value is -1.48. The zero-order chi connectivity index (χ0) is 11.8. The Morgan fingerprint density at radius 3 is 2.40 bits per heavy atom. The van der Waals surface area contributed by atoms with Crippen LogP contribution in [0.3, 0.4) is 0 Å². The fraction of sp³-hybridized carbons (Fsp3) is 0.167. The summed E-state index contributed by atoms with van der Waals surface area (Å²) in [5.74, 6) is -1.64. The quantitative estimate of drug-likeness (QED) is 0.668. The summed E-state index contributed by atoms with van der Waals surface area (Å²) in [6, 6.07) is 0. The highest BCUT2D eigenvalue weighted by Gasteiger charge is 2.26. The molecule has 1 aromatic heterocycles. The van der Waals surface area contributed by atoms with Gasteiger partial charge in [0.25, 0.3) is 6.43 Å². The Morgan fingerprint density at radius 2 is 2.00 bits per heavy atom. The lowest BCUT2D eigenvalue weighted by molar-refractivity contribution is 0.146. The van der Waals surface area contributed by atoms with Gasteiger partial charge in [0.05, 0.1) is 5.56 Å². The molecule has 9 heteroatoms. The number of hydrogen-bond donors (Lipinski definition) is 3. The standard InChI is InChI=1S/C6H7F2N3O3S/c7-5(8)2-1-11-6(9)3(12)4(2)15(10,13)14/h1,5,12H,(H2,9,11)(H2,10,13,14). The number of nitrogens with zero attached hydrogens (tertiary/aromatic N) is 1. The molecule has 0 aliphatic rings. The molecule has 0 bridgehead atoms. The molecule has 0 fully saturated rings. The van der Waals surface area contributed by atoms with Crippen molar-refractivity contribution in [3.63, 3.8) is 0 Å². The van der Waals surface area contributed by atoms with E-state index in [1.807, 2.05) is 0 Å². The van der Waals surface area contributed by atoms with E-state index in [-0.39, 0.29) is 0 Å². The van der Waals surface area contributed by atoms with Gasteiger partial charge in [0.1, 0.15) is 4.90 Å². The summed E-state index contributed by atoms with van der Waals surface area (Å²) in [4.78, 5) is 2.11. The molecule has 0 spiro atoms. The zero-order valence-electron chi connectivity index (χ0n) is 7.18. The molecule has 6 nitrogen and oxygen atoms in total. The normalized spacial score (nSPS) is 12.0. The Morgan fingerprint density at radius 1 is 1.47 bits per heavy atom. The third-order valence-electron chi connectivity index (χ3n) is 1.58. The first-order valence-electron chi connectivity index (χ1n) is 3.53. The van der Waals surface area contributed by atoms with Crippen LogP contribution in [0.5, 0.6) is 5.75 Å². The minimum atomic E-state index is -4.48. The number of rotatable bonds is 2. The molecule has 0 radical (unpaired) electrons. The molecule has 1 aromatic rings. The molecule has 0 saturated carbocycles. The summed E-state index contributed by atoms with van der Waals surface area (Å²) >= 11 is 0. The largest absolute Gasteiger partial charge is 0.503 e. The number of nitrogen functional groups attached to an aromatic ring is 1. The number of aromatic hydroxyl groups is 1. The summed E-state index contributed by atoms with van der Waals surface area (Å²) in [6.07, 6.45) is -2.57. The van der Waals surface area contributed by atoms with Gasteiger partial charge in [-0.15, -0.1) is 0 Å². The van der Waals surface area contributed by atoms with E-state index in [9.17, 15) is 22.3 Å². The Bertz CT molecular complexity index is 489. The van der Waals surface area contributed by atoms with E-state index in [1.54, 1.807) is 0 Å². The van der Waals surface area contributed by atoms with Gasteiger partial charge in [0.15, 0.2) is 11.6 Å². The average molecular weight is 239 g/mol. The Balaban J connectivity index is 3.65. The van der Waals surface area contributed by atoms with Gasteiger partial charge in [-0.3, -0.25) is 0 Å². The van der Waals surface area contributed by atoms with Crippen LogP contribution < -0.4 is 10.9 Å². The summed E-state index contributed by atoms with van der Waals surface area (Å²) < 4.78 is 46.6. The second kappa shape index (κ2) is 3.59. The van der Waals surface area contributed by atoms with Gasteiger partial charge in [0, 0.05) is 6.20 Å². The number of halogens is 2. The average Bonchev–Trinajstić information content (AvgIpc) is 2.06. The molecule has 1 heterocycles. The highest BCUT2D eigenvalue weighted by atomic mass is 32.2. The maximum absolute atomic E-state index is 12.4. The predicted molar refractivity (Wildman–Crippen MR) is 46.6 cm³/mol. The number of pyridine rings is 1. The van der Waals surface area contributed by atoms with Crippen LogP contribution in [0.1, 0.15) is 12.0 Å². The lowest BCUT2D eigenvalue weighted by atomic mass is 10.3. The number of primary sulfonamides is 1. The van der Waals surface area contributed by atoms with Crippen molar-refractivity contribution in [3.8, 4) is 5.75 Å². The van der Waals surface area contributed by atoms with E-state index in [2.05, 4.69) is 10.1 Å². The van der Waals surface area contributed by atoms with Gasteiger partial charge < -0.3 is 10.8 Å². The summed E-state index contributed by atoms with van der Waals surface area (Å²) in [7, 11) is -4.48. The zero-order valence-corrected chi connectivity index (χ0v) is 8.00. The van der Waals surface area contributed by atoms with E-state index >= 15 is 0 Å². The highest BCUT2D eigenvalue weighted by Crippen LogP contribution is 2.34. The van der Waals surface area contributed by atoms with Crippen molar-refractivity contribution in [1.29, 1.82) is 0 Å². The van der Waals surface area contributed by atoms with Crippen molar-refractivity contribution in [3.05, 3.63) is 11.8 Å². The summed E-state index contributed by atoms with van der Waals surface area (Å²) in [6.45, 7) is 0. The molecule has 1 rings (SSSR count). The fourth-order valence-electron chi connectivity index (χ4n) is 0.966. The van der Waals surface area contributed by atoms with Crippen LogP contribution in [0.2, 0.25) is 0 Å². The second-order valence-corrected chi connectivity index (χ2v) is 4.12. The minimum absolute atomic E-state index is 0.555. The number of aromatic nitrogens is 1. The topological polar surface area (TPSA) is 119 Å². The van der Waals surface area contributed by atoms with Crippen LogP contribution in [0.15, 0.2) is 11.1 Å². The molecule has 0 amide bonds. The maximum atomic E-state index is 12.4. The van der Waals surface area contributed by atoms with E-state index < -0.39 is 38.5 Å². The van der Waals surface area contributed by atoms with Gasteiger partial charge in [-0.1, -0.05) is 0 Å². The third-order valence-corrected chi connectivity index (χ3v) is 2.58. The number of hydrogen-bond acceptors (Lipinski definition) is 5. The predicted octanol–water partition coefficient (Wildman–Crippen LogP) is -0.0456. The lowest BCUT2D eigenvalue weighted by Crippen LogP contribution is -2.16. The van der Waals surface area contributed by atoms with Crippen molar-refractivity contribution in [1.82, 2.24) is 4.98 Å². The molecule has 15 heavy (non-hydrogen) atoms. The molecule has 0 unspecified atom stereocenters. The molecule has 0 aromatic carbocycles. The van der Waals surface area contributed by atoms with Gasteiger partial charge in [-0.05, 0) is 0 Å². The van der Waals surface area contributed by atoms with Crippen LogP contribution in [-0.4, -0.2) is 18.5 Å². The minimum Gasteiger partial charge on any atom is -0.503 e. The van der Waals surface area contributed by atoms with Gasteiger partial charge in [-0.25, -0.2) is 27.3 Å². The number of anilines is 1. The first-order chi connectivity index (χ1) is 6.75. The molecule has 0 aliphatic carbocycles. The van der Waals surface area contributed by atoms with E-state index in [1.165, 1.54) is 0 Å². The van der Waals surface area contributed by atoms with Gasteiger partial charge in [-0.2, -0.15) is 0 Å². The van der Waals surface area contributed by atoms with Gasteiger partial charge in [0.2, 0.25) is 10.0 Å². The van der Waals surface area contributed by atoms with Crippen LogP contribution in [0, 0.1) is 0 Å². The Kier molecular flexibility index (Phi) is 2.77. The van der Waals surface area contributed by atoms with E-state index in [0.717, 1.165) is 0 Å². The lowest BCUT2D eigenvalue weighted by Gasteiger charge is -2.09. The number of sulfonamides is 1. The summed E-state index contributed by atoms with van der Waals surface area (Å²) in [5.41, 5.74) is 4.08. The van der Waals surface area contributed by atoms with Gasteiger partial charge >= 0.3 is 0 Å². The van der Waals surface area contributed by atoms with Crippen LogP contribution >= 0.6 is 0 Å². The van der Waals surface area contributed by atoms with Crippen LogP contribution in [0.4, 0.5) is 14.6 Å². The van der Waals surface area contributed by atoms with Crippen molar-refractivity contribution >= 4 is 15.8 Å². The molecule has 0 saturated heterocycles. The maximum Gasteiger partial charge on any atom is 0.266 e. The van der Waals surface area contributed by atoms with Crippen molar-refractivity contribution in [2.75, 3.05) is 5.73 Å². The monoisotopic (exact) mass is 239 g/mol. The summed E-state index contributed by atoms with van der Waals surface area (Å²) in [5, 5.41) is 13.8. The number of nitrogens with two attached hydrogens (primary N) is 2. The van der Waals surface area contributed by atoms with Crippen LogP contribution in [0.25, 0.3) is 0 Å². The van der Waals surface area contributed by atoms with Crippen LogP contribution in [-0.2, 0) is 10.0 Å². The first-order valence-corrected chi connectivity index (χ1v) is 5.08. The Labute approximate surface area is 83.6 Å². The first kappa shape index (κ1) is 11.6. The fourth-order valence-corrected chi connectivity index (χ4v) is 1.81. The molecular weight excluding hydrogens is 232 g/mol. The molecule has 5 N–H and O–H groups in total. The smallest absolute Gasteiger partial charge is 0.266 e. The van der Waals surface area contributed by atoms with Crippen molar-refractivity contribution in [2.24, 2.45) is 5.14 Å². The third kappa shape index (κ3) is 2.13. The van der Waals surface area contributed by atoms with Crippen molar-refractivity contribution < 1.29 is 22.3 Å². The highest BCUT2D eigenvalue weighted by molar-refractivity contribution is 7.89. The number of alkyl halides is 2. The molecular formula is C6H7F2N3O3S. The van der Waals surface area contributed by atoms with E-state index in [0.29, 0.717) is 6.20 Å². The van der Waals surface area contributed by atoms with E-state index in [4.69, 9.17) is 5.73 Å². The molecule has 0 aliphatic heterocycles. The second-order valence-electron chi connectivity index (χ2n) is 2.62. The molecule has 0 atom stereocenters. The van der Waals surface area contributed by atoms with Crippen molar-refractivity contribution in [2.45, 2.75) is 11.3 Å².